The number of alkyl halides is 2. The number of fused-ring (bicyclic) bond motifs is 1. The normalized spacial score (nSPS) is 13.1. The molecule has 0 aliphatic rings. The van der Waals surface area contributed by atoms with Crippen molar-refractivity contribution in [1.29, 1.82) is 0 Å². The van der Waals surface area contributed by atoms with Crippen molar-refractivity contribution in [2.75, 3.05) is 0 Å². The number of aromatic nitrogens is 3. The molecular formula is C11H11F2N3O3. The smallest absolute Gasteiger partial charge is 0.326 e. The number of pyridine rings is 1. The van der Waals surface area contributed by atoms with Crippen molar-refractivity contribution in [3.63, 3.8) is 0 Å². The first-order valence-electron chi connectivity index (χ1n) is 5.42. The van der Waals surface area contributed by atoms with E-state index in [9.17, 15) is 18.4 Å². The van der Waals surface area contributed by atoms with Crippen LogP contribution in [0.4, 0.5) is 8.78 Å². The molecule has 6 nitrogen and oxygen atoms in total. The number of hydrogen-bond donors (Lipinski definition) is 1. The summed E-state index contributed by atoms with van der Waals surface area (Å²) in [6, 6.07) is -0.411. The van der Waals surface area contributed by atoms with Crippen LogP contribution in [0.25, 0.3) is 11.0 Å². The van der Waals surface area contributed by atoms with E-state index >= 15 is 0 Å². The van der Waals surface area contributed by atoms with Gasteiger partial charge in [0, 0.05) is 24.1 Å². The Labute approximate surface area is 105 Å². The fourth-order valence-electron chi connectivity index (χ4n) is 1.97. The van der Waals surface area contributed by atoms with Crippen molar-refractivity contribution in [1.82, 2.24) is 14.3 Å². The Morgan fingerprint density at radius 2 is 2.11 bits per heavy atom. The molecule has 1 unspecified atom stereocenters. The van der Waals surface area contributed by atoms with E-state index in [2.05, 4.69) is 5.10 Å². The van der Waals surface area contributed by atoms with Crippen LogP contribution in [0.15, 0.2) is 17.1 Å². The number of rotatable bonds is 3. The largest absolute Gasteiger partial charge is 0.480 e. The van der Waals surface area contributed by atoms with Crippen LogP contribution in [0.3, 0.4) is 0 Å². The van der Waals surface area contributed by atoms with Crippen LogP contribution in [0.2, 0.25) is 0 Å². The maximum atomic E-state index is 12.9. The van der Waals surface area contributed by atoms with Gasteiger partial charge in [0.05, 0.1) is 6.20 Å². The summed E-state index contributed by atoms with van der Waals surface area (Å²) in [5, 5.41) is 12.9. The Balaban J connectivity index is 2.90. The molecule has 8 heteroatoms. The van der Waals surface area contributed by atoms with E-state index in [1.165, 1.54) is 24.9 Å². The highest BCUT2D eigenvalue weighted by Gasteiger charge is 2.23. The summed E-state index contributed by atoms with van der Waals surface area (Å²) in [7, 11) is 1.46. The molecule has 102 valence electrons. The summed E-state index contributed by atoms with van der Waals surface area (Å²) in [6.45, 7) is 1.30. The van der Waals surface area contributed by atoms with Gasteiger partial charge in [0.15, 0.2) is 0 Å². The first-order valence-corrected chi connectivity index (χ1v) is 5.42. The fraction of sp³-hybridized carbons (Fsp3) is 0.364. The van der Waals surface area contributed by atoms with Gasteiger partial charge in [-0.15, -0.1) is 0 Å². The summed E-state index contributed by atoms with van der Waals surface area (Å²) in [6.07, 6.45) is -1.63. The first-order chi connectivity index (χ1) is 8.84. The van der Waals surface area contributed by atoms with Gasteiger partial charge >= 0.3 is 5.97 Å². The molecule has 2 rings (SSSR count). The van der Waals surface area contributed by atoms with E-state index in [-0.39, 0.29) is 11.0 Å². The monoisotopic (exact) mass is 271 g/mol. The molecule has 0 saturated carbocycles. The number of halogens is 2. The van der Waals surface area contributed by atoms with E-state index in [4.69, 9.17) is 5.11 Å². The lowest BCUT2D eigenvalue weighted by Gasteiger charge is -2.14. The lowest BCUT2D eigenvalue weighted by molar-refractivity contribution is -0.140. The van der Waals surface area contributed by atoms with Crippen molar-refractivity contribution in [3.8, 4) is 0 Å². The van der Waals surface area contributed by atoms with Gasteiger partial charge < -0.3 is 5.11 Å². The molecule has 2 aromatic rings. The predicted molar refractivity (Wildman–Crippen MR) is 62.3 cm³/mol. The summed E-state index contributed by atoms with van der Waals surface area (Å²) in [4.78, 5) is 22.9. The molecule has 0 aliphatic carbocycles. The molecule has 0 amide bonds. The average molecular weight is 271 g/mol. The second-order valence-corrected chi connectivity index (χ2v) is 4.13. The van der Waals surface area contributed by atoms with Crippen molar-refractivity contribution in [2.24, 2.45) is 7.05 Å². The number of carboxylic acid groups (broad SMARTS) is 1. The van der Waals surface area contributed by atoms with Gasteiger partial charge in [-0.3, -0.25) is 14.0 Å². The minimum Gasteiger partial charge on any atom is -0.480 e. The van der Waals surface area contributed by atoms with E-state index in [0.29, 0.717) is 0 Å². The molecule has 0 aromatic carbocycles. The molecule has 0 fully saturated rings. The second-order valence-electron chi connectivity index (χ2n) is 4.13. The Bertz CT molecular complexity index is 705. The average Bonchev–Trinajstić information content (AvgIpc) is 2.70. The highest BCUT2D eigenvalue weighted by Crippen LogP contribution is 2.27. The predicted octanol–water partition coefficient (Wildman–Crippen LogP) is 1.32. The third-order valence-corrected chi connectivity index (χ3v) is 2.94. The molecule has 1 N–H and O–H groups in total. The molecule has 0 bridgehead atoms. The van der Waals surface area contributed by atoms with E-state index < -0.39 is 29.6 Å². The van der Waals surface area contributed by atoms with Crippen LogP contribution in [0, 0.1) is 0 Å². The Morgan fingerprint density at radius 3 is 2.63 bits per heavy atom. The maximum Gasteiger partial charge on any atom is 0.326 e. The van der Waals surface area contributed by atoms with Crippen molar-refractivity contribution in [3.05, 3.63) is 28.2 Å². The summed E-state index contributed by atoms with van der Waals surface area (Å²) in [5.74, 6) is -1.23. The molecule has 2 heterocycles. The summed E-state index contributed by atoms with van der Waals surface area (Å²) >= 11 is 0. The van der Waals surface area contributed by atoms with Crippen molar-refractivity contribution < 1.29 is 18.7 Å². The Morgan fingerprint density at radius 1 is 1.47 bits per heavy atom. The maximum absolute atomic E-state index is 12.9. The molecule has 19 heavy (non-hydrogen) atoms. The topological polar surface area (TPSA) is 77.1 Å². The van der Waals surface area contributed by atoms with Crippen LogP contribution in [-0.2, 0) is 11.8 Å². The van der Waals surface area contributed by atoms with Crippen LogP contribution >= 0.6 is 0 Å². The van der Waals surface area contributed by atoms with Crippen LogP contribution in [-0.4, -0.2) is 25.4 Å². The van der Waals surface area contributed by atoms with E-state index in [1.807, 2.05) is 0 Å². The molecular weight excluding hydrogens is 260 g/mol. The Hall–Kier alpha value is -2.25. The third kappa shape index (κ3) is 1.98. The molecule has 1 atom stereocenters. The number of aryl methyl sites for hydroxylation is 1. The quantitative estimate of drug-likeness (QED) is 0.913. The molecule has 0 spiro atoms. The zero-order valence-corrected chi connectivity index (χ0v) is 10.2. The van der Waals surface area contributed by atoms with Crippen LogP contribution in [0.1, 0.15) is 25.0 Å². The lowest BCUT2D eigenvalue weighted by atomic mass is 10.2. The second kappa shape index (κ2) is 4.45. The standard InChI is InChI=1S/C11H11F2N3O3/c1-5(11(18)19)16-8(17)3-6(9(12)13)7-4-14-15(2)10(7)16/h3-5,9H,1-2H3,(H,18,19). The number of nitrogens with zero attached hydrogens (tertiary/aromatic N) is 3. The Kier molecular flexibility index (Phi) is 3.09. The summed E-state index contributed by atoms with van der Waals surface area (Å²) in [5.41, 5.74) is -1.17. The zero-order valence-electron chi connectivity index (χ0n) is 10.2. The molecule has 0 aliphatic heterocycles. The number of aliphatic carboxylic acids is 1. The van der Waals surface area contributed by atoms with E-state index in [0.717, 1.165) is 10.6 Å². The first kappa shape index (κ1) is 13.2. The number of carboxylic acids is 1. The highest BCUT2D eigenvalue weighted by atomic mass is 19.3. The minimum absolute atomic E-state index is 0.0673. The fourth-order valence-corrected chi connectivity index (χ4v) is 1.97. The minimum atomic E-state index is -2.82. The van der Waals surface area contributed by atoms with Crippen LogP contribution in [0.5, 0.6) is 0 Å². The van der Waals surface area contributed by atoms with Crippen molar-refractivity contribution in [2.45, 2.75) is 19.4 Å². The highest BCUT2D eigenvalue weighted by molar-refractivity contribution is 5.82. The zero-order chi connectivity index (χ0) is 14.3. The van der Waals surface area contributed by atoms with Gasteiger partial charge in [0.1, 0.15) is 11.7 Å². The van der Waals surface area contributed by atoms with Crippen molar-refractivity contribution >= 4 is 17.0 Å². The number of carbonyl (C=O) groups is 1. The molecule has 0 radical (unpaired) electrons. The summed E-state index contributed by atoms with van der Waals surface area (Å²) < 4.78 is 27.9. The molecule has 2 aromatic heterocycles. The number of hydrogen-bond acceptors (Lipinski definition) is 3. The lowest BCUT2D eigenvalue weighted by Crippen LogP contribution is -2.29. The van der Waals surface area contributed by atoms with Gasteiger partial charge in [-0.05, 0) is 6.92 Å². The van der Waals surface area contributed by atoms with Crippen LogP contribution < -0.4 is 5.56 Å². The van der Waals surface area contributed by atoms with E-state index in [1.54, 1.807) is 0 Å². The molecule has 0 saturated heterocycles. The SMILES string of the molecule is CC(C(=O)O)n1c(=O)cc(C(F)F)c2cnn(C)c21. The third-order valence-electron chi connectivity index (χ3n) is 2.94. The van der Waals surface area contributed by atoms with Gasteiger partial charge in [0.25, 0.3) is 12.0 Å². The van der Waals surface area contributed by atoms with Gasteiger partial charge in [-0.1, -0.05) is 0 Å². The van der Waals surface area contributed by atoms with Gasteiger partial charge in [-0.25, -0.2) is 13.6 Å². The van der Waals surface area contributed by atoms with Gasteiger partial charge in [0.2, 0.25) is 0 Å². The van der Waals surface area contributed by atoms with Gasteiger partial charge in [-0.2, -0.15) is 5.10 Å².